The summed E-state index contributed by atoms with van der Waals surface area (Å²) < 4.78 is 0. The van der Waals surface area contributed by atoms with Crippen LogP contribution in [-0.2, 0) is 9.59 Å². The van der Waals surface area contributed by atoms with E-state index in [4.69, 9.17) is 5.11 Å². The van der Waals surface area contributed by atoms with E-state index in [9.17, 15) is 9.59 Å². The summed E-state index contributed by atoms with van der Waals surface area (Å²) in [4.78, 5) is 23.3. The van der Waals surface area contributed by atoms with Crippen LogP contribution in [0.4, 0.5) is 0 Å². The fourth-order valence-electron chi connectivity index (χ4n) is 3.99. The normalized spacial score (nSPS) is 29.1. The minimum Gasteiger partial charge on any atom is -0.481 e. The molecule has 0 bridgehead atoms. The van der Waals surface area contributed by atoms with Crippen molar-refractivity contribution < 1.29 is 14.7 Å². The lowest BCUT2D eigenvalue weighted by atomic mass is 9.79. The Balaban J connectivity index is 1.89. The molecule has 2 unspecified atom stereocenters. The number of hydrogen-bond acceptors (Lipinski definition) is 2. The Kier molecular flexibility index (Phi) is 5.06. The summed E-state index contributed by atoms with van der Waals surface area (Å²) in [6.07, 6.45) is 9.11. The van der Waals surface area contributed by atoms with Gasteiger partial charge < -0.3 is 10.4 Å². The Morgan fingerprint density at radius 1 is 1.10 bits per heavy atom. The van der Waals surface area contributed by atoms with Crippen molar-refractivity contribution >= 4 is 11.9 Å². The van der Waals surface area contributed by atoms with Gasteiger partial charge in [0.1, 0.15) is 0 Å². The van der Waals surface area contributed by atoms with Crippen molar-refractivity contribution in [3.05, 3.63) is 0 Å². The molecule has 2 fully saturated rings. The maximum Gasteiger partial charge on any atom is 0.303 e. The van der Waals surface area contributed by atoms with E-state index in [0.717, 1.165) is 32.1 Å². The van der Waals surface area contributed by atoms with Crippen LogP contribution < -0.4 is 5.32 Å². The van der Waals surface area contributed by atoms with Crippen LogP contribution in [0.2, 0.25) is 0 Å². The topological polar surface area (TPSA) is 66.4 Å². The monoisotopic (exact) mass is 281 g/mol. The average molecular weight is 281 g/mol. The van der Waals surface area contributed by atoms with Gasteiger partial charge in [0.05, 0.1) is 6.42 Å². The first-order valence-corrected chi connectivity index (χ1v) is 8.02. The minimum absolute atomic E-state index is 0.0619. The molecule has 2 atom stereocenters. The highest BCUT2D eigenvalue weighted by atomic mass is 16.4. The average Bonchev–Trinajstić information content (AvgIpc) is 2.79. The van der Waals surface area contributed by atoms with Crippen molar-refractivity contribution in [2.45, 2.75) is 77.2 Å². The second-order valence-corrected chi connectivity index (χ2v) is 6.89. The number of carbonyl (C=O) groups excluding carboxylic acids is 1. The van der Waals surface area contributed by atoms with E-state index in [2.05, 4.69) is 12.2 Å². The maximum absolute atomic E-state index is 12.3. The first-order valence-electron chi connectivity index (χ1n) is 8.02. The summed E-state index contributed by atoms with van der Waals surface area (Å²) in [6.45, 7) is 2.20. The zero-order valence-corrected chi connectivity index (χ0v) is 12.5. The summed E-state index contributed by atoms with van der Waals surface area (Å²) in [6, 6.07) is 0.291. The molecular formula is C16H27NO3. The van der Waals surface area contributed by atoms with Gasteiger partial charge in [-0.15, -0.1) is 0 Å². The zero-order valence-electron chi connectivity index (χ0n) is 12.5. The van der Waals surface area contributed by atoms with Crippen LogP contribution in [0, 0.1) is 11.3 Å². The Labute approximate surface area is 121 Å². The molecule has 114 valence electrons. The number of amides is 1. The van der Waals surface area contributed by atoms with Gasteiger partial charge in [0, 0.05) is 12.5 Å². The van der Waals surface area contributed by atoms with E-state index < -0.39 is 5.97 Å². The lowest BCUT2D eigenvalue weighted by molar-refractivity contribution is -0.140. The van der Waals surface area contributed by atoms with E-state index in [1.54, 1.807) is 0 Å². The molecule has 2 saturated carbocycles. The molecular weight excluding hydrogens is 254 g/mol. The summed E-state index contributed by atoms with van der Waals surface area (Å²) in [5, 5.41) is 12.2. The molecule has 0 radical (unpaired) electrons. The molecule has 0 aliphatic heterocycles. The molecule has 0 spiro atoms. The highest BCUT2D eigenvalue weighted by Crippen LogP contribution is 2.44. The SMILES string of the molecule is CC1CCCCC1NC(=O)CC1(CC(=O)O)CCCC1. The number of carbonyl (C=O) groups is 2. The summed E-state index contributed by atoms with van der Waals surface area (Å²) in [7, 11) is 0. The van der Waals surface area contributed by atoms with E-state index in [1.807, 2.05) is 0 Å². The summed E-state index contributed by atoms with van der Waals surface area (Å²) in [5.41, 5.74) is -0.284. The van der Waals surface area contributed by atoms with E-state index in [1.165, 1.54) is 19.3 Å². The third-order valence-electron chi connectivity index (χ3n) is 5.18. The third-order valence-corrected chi connectivity index (χ3v) is 5.18. The van der Waals surface area contributed by atoms with Crippen molar-refractivity contribution in [3.8, 4) is 0 Å². The fraction of sp³-hybridized carbons (Fsp3) is 0.875. The third kappa shape index (κ3) is 3.97. The van der Waals surface area contributed by atoms with Crippen molar-refractivity contribution in [3.63, 3.8) is 0 Å². The Hall–Kier alpha value is -1.06. The first-order chi connectivity index (χ1) is 9.51. The minimum atomic E-state index is -0.772. The Morgan fingerprint density at radius 2 is 1.75 bits per heavy atom. The van der Waals surface area contributed by atoms with Crippen LogP contribution in [0.3, 0.4) is 0 Å². The zero-order chi connectivity index (χ0) is 14.6. The predicted molar refractivity (Wildman–Crippen MR) is 77.3 cm³/mol. The molecule has 2 rings (SSSR count). The van der Waals surface area contributed by atoms with E-state index in [-0.39, 0.29) is 17.7 Å². The van der Waals surface area contributed by atoms with Crippen LogP contribution in [0.5, 0.6) is 0 Å². The van der Waals surface area contributed by atoms with Crippen LogP contribution in [0.15, 0.2) is 0 Å². The van der Waals surface area contributed by atoms with Crippen molar-refractivity contribution in [1.82, 2.24) is 5.32 Å². The standard InChI is InChI=1S/C16H27NO3/c1-12-6-2-3-7-13(12)17-14(18)10-16(11-15(19)20)8-4-5-9-16/h12-13H,2-11H2,1H3,(H,17,18)(H,19,20). The number of carboxylic acids is 1. The second kappa shape index (κ2) is 6.59. The quantitative estimate of drug-likeness (QED) is 0.813. The van der Waals surface area contributed by atoms with Crippen LogP contribution in [0.1, 0.15) is 71.1 Å². The maximum atomic E-state index is 12.3. The van der Waals surface area contributed by atoms with Gasteiger partial charge in [0.25, 0.3) is 0 Å². The lowest BCUT2D eigenvalue weighted by Crippen LogP contribution is -2.43. The number of nitrogens with one attached hydrogen (secondary N) is 1. The molecule has 2 N–H and O–H groups in total. The molecule has 0 aromatic heterocycles. The van der Waals surface area contributed by atoms with Gasteiger partial charge in [0.2, 0.25) is 5.91 Å². The summed E-state index contributed by atoms with van der Waals surface area (Å²) in [5.74, 6) is -0.163. The molecule has 1 amide bonds. The molecule has 0 saturated heterocycles. The molecule has 0 aromatic carbocycles. The van der Waals surface area contributed by atoms with Gasteiger partial charge in [-0.25, -0.2) is 0 Å². The van der Waals surface area contributed by atoms with Gasteiger partial charge in [0.15, 0.2) is 0 Å². The molecule has 0 aromatic rings. The van der Waals surface area contributed by atoms with Gasteiger partial charge in [-0.3, -0.25) is 9.59 Å². The van der Waals surface area contributed by atoms with Gasteiger partial charge in [-0.1, -0.05) is 32.6 Å². The number of rotatable bonds is 5. The molecule has 4 nitrogen and oxygen atoms in total. The van der Waals surface area contributed by atoms with Gasteiger partial charge in [-0.2, -0.15) is 0 Å². The van der Waals surface area contributed by atoms with Crippen molar-refractivity contribution in [2.75, 3.05) is 0 Å². The van der Waals surface area contributed by atoms with Crippen molar-refractivity contribution in [2.24, 2.45) is 11.3 Å². The van der Waals surface area contributed by atoms with E-state index in [0.29, 0.717) is 18.4 Å². The molecule has 2 aliphatic carbocycles. The molecule has 0 heterocycles. The fourth-order valence-corrected chi connectivity index (χ4v) is 3.99. The van der Waals surface area contributed by atoms with Gasteiger partial charge >= 0.3 is 5.97 Å². The number of carboxylic acid groups (broad SMARTS) is 1. The highest BCUT2D eigenvalue weighted by molar-refractivity contribution is 5.78. The molecule has 4 heteroatoms. The first kappa shape index (κ1) is 15.3. The van der Waals surface area contributed by atoms with Crippen LogP contribution in [0.25, 0.3) is 0 Å². The lowest BCUT2D eigenvalue weighted by Gasteiger charge is -2.32. The molecule has 20 heavy (non-hydrogen) atoms. The molecule has 2 aliphatic rings. The number of aliphatic carboxylic acids is 1. The smallest absolute Gasteiger partial charge is 0.303 e. The number of hydrogen-bond donors (Lipinski definition) is 2. The predicted octanol–water partition coefficient (Wildman–Crippen LogP) is 3.11. The summed E-state index contributed by atoms with van der Waals surface area (Å²) >= 11 is 0. The second-order valence-electron chi connectivity index (χ2n) is 6.89. The Bertz CT molecular complexity index is 361. The van der Waals surface area contributed by atoms with Gasteiger partial charge in [-0.05, 0) is 37.0 Å². The van der Waals surface area contributed by atoms with Crippen molar-refractivity contribution in [1.29, 1.82) is 0 Å². The highest BCUT2D eigenvalue weighted by Gasteiger charge is 2.38. The van der Waals surface area contributed by atoms with E-state index >= 15 is 0 Å². The van der Waals surface area contributed by atoms with Crippen LogP contribution >= 0.6 is 0 Å². The Morgan fingerprint density at radius 3 is 2.35 bits per heavy atom. The van der Waals surface area contributed by atoms with Crippen LogP contribution in [-0.4, -0.2) is 23.0 Å². The largest absolute Gasteiger partial charge is 0.481 e.